The fourth-order valence-electron chi connectivity index (χ4n) is 3.02. The number of unbranched alkanes of at least 4 members (excludes halogenated alkanes) is 2. The van der Waals surface area contributed by atoms with Crippen molar-refractivity contribution in [1.29, 1.82) is 0 Å². The fraction of sp³-hybridized carbons (Fsp3) is 0.227. The number of thioether (sulfide) groups is 1. The van der Waals surface area contributed by atoms with E-state index in [4.69, 9.17) is 17.3 Å². The molecule has 1 N–H and O–H groups in total. The van der Waals surface area contributed by atoms with Gasteiger partial charge >= 0.3 is 5.97 Å². The van der Waals surface area contributed by atoms with Gasteiger partial charge in [-0.15, -0.1) is 0 Å². The number of hydrogen-bond acceptors (Lipinski definition) is 4. The average molecular weight is 430 g/mol. The van der Waals surface area contributed by atoms with Gasteiger partial charge in [-0.1, -0.05) is 60.7 Å². The van der Waals surface area contributed by atoms with Gasteiger partial charge in [0, 0.05) is 13.0 Å². The van der Waals surface area contributed by atoms with Crippen LogP contribution < -0.4 is 0 Å². The normalized spacial score (nSPS) is 15.3. The minimum atomic E-state index is -0.804. The Morgan fingerprint density at radius 1 is 1.10 bits per heavy atom. The van der Waals surface area contributed by atoms with E-state index < -0.39 is 5.97 Å². The van der Waals surface area contributed by atoms with Gasteiger partial charge < -0.3 is 5.11 Å². The van der Waals surface area contributed by atoms with E-state index in [1.165, 1.54) is 23.9 Å². The first-order chi connectivity index (χ1) is 13.9. The summed E-state index contributed by atoms with van der Waals surface area (Å²) in [6.45, 7) is 0.497. The van der Waals surface area contributed by atoms with Crippen LogP contribution in [-0.4, -0.2) is 32.7 Å². The second kappa shape index (κ2) is 9.80. The number of rotatable bonds is 8. The molecule has 1 fully saturated rings. The number of hydrogen-bond donors (Lipinski definition) is 1. The number of nitrogens with zero attached hydrogens (tertiary/aromatic N) is 1. The standard InChI is InChI=1S/C22H20FNO3S2/c23-18-10-8-16(9-11-18)17-6-4-5-15(13-17)14-19-21(27)24(22(28)29-19)12-3-1-2-7-20(25)26/h4-6,8-11,13-14H,1-3,7,12H2,(H,25,26). The highest BCUT2D eigenvalue weighted by Gasteiger charge is 2.31. The summed E-state index contributed by atoms with van der Waals surface area (Å²) in [7, 11) is 0. The summed E-state index contributed by atoms with van der Waals surface area (Å²) in [5, 5.41) is 8.67. The molecule has 150 valence electrons. The number of carboxylic acid groups (broad SMARTS) is 1. The average Bonchev–Trinajstić information content (AvgIpc) is 2.95. The van der Waals surface area contributed by atoms with E-state index in [-0.39, 0.29) is 18.1 Å². The van der Waals surface area contributed by atoms with Crippen molar-refractivity contribution in [2.24, 2.45) is 0 Å². The molecule has 0 aromatic heterocycles. The third-order valence-corrected chi connectivity index (χ3v) is 5.89. The minimum Gasteiger partial charge on any atom is -0.481 e. The van der Waals surface area contributed by atoms with Crippen LogP contribution in [-0.2, 0) is 9.59 Å². The van der Waals surface area contributed by atoms with E-state index in [0.29, 0.717) is 28.6 Å². The molecular formula is C22H20FNO3S2. The first-order valence-corrected chi connectivity index (χ1v) is 10.5. The van der Waals surface area contributed by atoms with Crippen LogP contribution in [0.4, 0.5) is 4.39 Å². The summed E-state index contributed by atoms with van der Waals surface area (Å²) in [5.74, 6) is -1.21. The molecule has 0 spiro atoms. The highest BCUT2D eigenvalue weighted by molar-refractivity contribution is 8.26. The lowest BCUT2D eigenvalue weighted by atomic mass is 10.0. The van der Waals surface area contributed by atoms with Crippen molar-refractivity contribution in [3.05, 3.63) is 64.8 Å². The molecule has 0 radical (unpaired) electrons. The van der Waals surface area contributed by atoms with Crippen LogP contribution in [0.15, 0.2) is 53.4 Å². The van der Waals surface area contributed by atoms with E-state index in [0.717, 1.165) is 23.1 Å². The van der Waals surface area contributed by atoms with E-state index in [1.807, 2.05) is 30.3 Å². The van der Waals surface area contributed by atoms with E-state index >= 15 is 0 Å². The van der Waals surface area contributed by atoms with Crippen molar-refractivity contribution in [2.45, 2.75) is 25.7 Å². The van der Waals surface area contributed by atoms with Crippen molar-refractivity contribution in [1.82, 2.24) is 4.90 Å². The van der Waals surface area contributed by atoms with Gasteiger partial charge in [-0.2, -0.15) is 0 Å². The molecule has 1 saturated heterocycles. The van der Waals surface area contributed by atoms with Crippen molar-refractivity contribution in [3.8, 4) is 11.1 Å². The SMILES string of the molecule is O=C(O)CCCCCN1C(=O)C(=Cc2cccc(-c3ccc(F)cc3)c2)SC1=S. The molecular weight excluding hydrogens is 409 g/mol. The van der Waals surface area contributed by atoms with Gasteiger partial charge in [-0.3, -0.25) is 14.5 Å². The first-order valence-electron chi connectivity index (χ1n) is 9.27. The molecule has 2 aromatic rings. The second-order valence-electron chi connectivity index (χ2n) is 6.67. The maximum absolute atomic E-state index is 13.1. The molecule has 29 heavy (non-hydrogen) atoms. The lowest BCUT2D eigenvalue weighted by molar-refractivity contribution is -0.137. The zero-order valence-electron chi connectivity index (χ0n) is 15.6. The molecule has 1 amide bonds. The lowest BCUT2D eigenvalue weighted by Crippen LogP contribution is -2.29. The Balaban J connectivity index is 1.67. The molecule has 4 nitrogen and oxygen atoms in total. The van der Waals surface area contributed by atoms with Crippen molar-refractivity contribution >= 4 is 46.3 Å². The maximum Gasteiger partial charge on any atom is 0.303 e. The fourth-order valence-corrected chi connectivity index (χ4v) is 4.33. The molecule has 0 atom stereocenters. The van der Waals surface area contributed by atoms with Crippen molar-refractivity contribution in [2.75, 3.05) is 6.54 Å². The summed E-state index contributed by atoms with van der Waals surface area (Å²) < 4.78 is 13.7. The number of benzene rings is 2. The van der Waals surface area contributed by atoms with E-state index in [1.54, 1.807) is 17.0 Å². The van der Waals surface area contributed by atoms with Crippen LogP contribution in [0.1, 0.15) is 31.2 Å². The Morgan fingerprint density at radius 3 is 2.59 bits per heavy atom. The quantitative estimate of drug-likeness (QED) is 0.349. The zero-order chi connectivity index (χ0) is 20.8. The predicted octanol–water partition coefficient (Wildman–Crippen LogP) is 5.34. The van der Waals surface area contributed by atoms with Gasteiger partial charge in [0.15, 0.2) is 0 Å². The number of carbonyl (C=O) groups excluding carboxylic acids is 1. The summed E-state index contributed by atoms with van der Waals surface area (Å²) >= 11 is 6.62. The third-order valence-electron chi connectivity index (χ3n) is 4.51. The molecule has 0 aliphatic carbocycles. The lowest BCUT2D eigenvalue weighted by Gasteiger charge is -2.13. The van der Waals surface area contributed by atoms with E-state index in [2.05, 4.69) is 0 Å². The Morgan fingerprint density at radius 2 is 1.86 bits per heavy atom. The van der Waals surface area contributed by atoms with E-state index in [9.17, 15) is 14.0 Å². The molecule has 7 heteroatoms. The molecule has 2 aromatic carbocycles. The van der Waals surface area contributed by atoms with Crippen molar-refractivity contribution in [3.63, 3.8) is 0 Å². The summed E-state index contributed by atoms with van der Waals surface area (Å²) in [5.41, 5.74) is 2.71. The summed E-state index contributed by atoms with van der Waals surface area (Å²) in [6.07, 6.45) is 4.00. The third kappa shape index (κ3) is 5.74. The largest absolute Gasteiger partial charge is 0.481 e. The number of aliphatic carboxylic acids is 1. The zero-order valence-corrected chi connectivity index (χ0v) is 17.3. The molecule has 1 aliphatic heterocycles. The number of carboxylic acids is 1. The molecule has 0 unspecified atom stereocenters. The number of halogens is 1. The highest BCUT2D eigenvalue weighted by Crippen LogP contribution is 2.33. The monoisotopic (exact) mass is 429 g/mol. The highest BCUT2D eigenvalue weighted by atomic mass is 32.2. The summed E-state index contributed by atoms with van der Waals surface area (Å²) in [4.78, 5) is 25.4. The van der Waals surface area contributed by atoms with Crippen LogP contribution in [0.3, 0.4) is 0 Å². The Bertz CT molecular complexity index is 957. The Labute approximate surface area is 178 Å². The van der Waals surface area contributed by atoms with Crippen LogP contribution in [0, 0.1) is 5.82 Å². The first kappa shape index (κ1) is 21.2. The van der Waals surface area contributed by atoms with Gasteiger partial charge in [0.25, 0.3) is 5.91 Å². The molecule has 0 bridgehead atoms. The van der Waals surface area contributed by atoms with Gasteiger partial charge in [0.05, 0.1) is 4.91 Å². The van der Waals surface area contributed by atoms with Gasteiger partial charge in [0.2, 0.25) is 0 Å². The van der Waals surface area contributed by atoms with Gasteiger partial charge in [0.1, 0.15) is 10.1 Å². The second-order valence-corrected chi connectivity index (χ2v) is 8.35. The smallest absolute Gasteiger partial charge is 0.303 e. The van der Waals surface area contributed by atoms with Crippen LogP contribution in [0.5, 0.6) is 0 Å². The van der Waals surface area contributed by atoms with Crippen LogP contribution in [0.25, 0.3) is 17.2 Å². The van der Waals surface area contributed by atoms with Crippen molar-refractivity contribution < 1.29 is 19.1 Å². The minimum absolute atomic E-state index is 0.120. The number of thiocarbonyl (C=S) groups is 1. The van der Waals surface area contributed by atoms with Crippen LogP contribution in [0.2, 0.25) is 0 Å². The number of amides is 1. The topological polar surface area (TPSA) is 57.6 Å². The van der Waals surface area contributed by atoms with Gasteiger partial charge in [-0.05, 0) is 53.8 Å². The molecule has 3 rings (SSSR count). The molecule has 1 aliphatic rings. The summed E-state index contributed by atoms with van der Waals surface area (Å²) in [6, 6.07) is 14.0. The predicted molar refractivity (Wildman–Crippen MR) is 118 cm³/mol. The van der Waals surface area contributed by atoms with Gasteiger partial charge in [-0.25, -0.2) is 4.39 Å². The maximum atomic E-state index is 13.1. The Kier molecular flexibility index (Phi) is 7.17. The molecule has 0 saturated carbocycles. The van der Waals surface area contributed by atoms with Crippen LogP contribution >= 0.6 is 24.0 Å². The number of carbonyl (C=O) groups is 2. The molecule has 1 heterocycles. The Hall–Kier alpha value is -2.51.